The highest BCUT2D eigenvalue weighted by molar-refractivity contribution is 9.10. The van der Waals surface area contributed by atoms with Gasteiger partial charge in [0, 0.05) is 5.56 Å². The fourth-order valence-electron chi connectivity index (χ4n) is 2.34. The third-order valence-corrected chi connectivity index (χ3v) is 4.32. The van der Waals surface area contributed by atoms with Gasteiger partial charge in [0.1, 0.15) is 0 Å². The highest BCUT2D eigenvalue weighted by Gasteiger charge is 2.16. The minimum atomic E-state index is -0.504. The number of amides is 2. The number of hydrazone groups is 1. The van der Waals surface area contributed by atoms with Gasteiger partial charge in [-0.3, -0.25) is 9.59 Å². The summed E-state index contributed by atoms with van der Waals surface area (Å²) < 4.78 is 15.9. The second-order valence-electron chi connectivity index (χ2n) is 5.60. The van der Waals surface area contributed by atoms with Crippen molar-refractivity contribution < 1.29 is 28.9 Å². The Bertz CT molecular complexity index is 947. The van der Waals surface area contributed by atoms with Gasteiger partial charge in [-0.1, -0.05) is 0 Å². The Balaban J connectivity index is 1.51. The lowest BCUT2D eigenvalue weighted by atomic mass is 10.2. The lowest BCUT2D eigenvalue weighted by Crippen LogP contribution is -2.34. The average Bonchev–Trinajstić information content (AvgIpc) is 3.16. The number of hydrogen-bond acceptors (Lipinski definition) is 7. The Hall–Kier alpha value is -3.27. The number of phenols is 1. The monoisotopic (exact) mass is 449 g/mol. The smallest absolute Gasteiger partial charge is 0.259 e. The van der Waals surface area contributed by atoms with Gasteiger partial charge in [0.25, 0.3) is 11.8 Å². The molecule has 2 aromatic rings. The van der Waals surface area contributed by atoms with Crippen LogP contribution in [0.4, 0.5) is 0 Å². The fourth-order valence-corrected chi connectivity index (χ4v) is 2.80. The summed E-state index contributed by atoms with van der Waals surface area (Å²) in [6, 6.07) is 7.91. The van der Waals surface area contributed by atoms with E-state index in [1.807, 2.05) is 0 Å². The van der Waals surface area contributed by atoms with E-state index in [1.54, 1.807) is 30.3 Å². The summed E-state index contributed by atoms with van der Waals surface area (Å²) in [5, 5.41) is 16.1. The molecule has 3 rings (SSSR count). The third kappa shape index (κ3) is 4.52. The molecule has 0 aromatic heterocycles. The molecule has 3 N–H and O–H groups in total. The van der Waals surface area contributed by atoms with E-state index < -0.39 is 11.8 Å². The van der Waals surface area contributed by atoms with Gasteiger partial charge >= 0.3 is 0 Å². The van der Waals surface area contributed by atoms with Crippen LogP contribution in [0, 0.1) is 0 Å². The summed E-state index contributed by atoms with van der Waals surface area (Å²) in [5.74, 6) is 0.353. The number of rotatable bonds is 6. The van der Waals surface area contributed by atoms with Crippen LogP contribution >= 0.6 is 15.9 Å². The van der Waals surface area contributed by atoms with Crippen molar-refractivity contribution in [2.75, 3.05) is 20.4 Å². The first-order valence-electron chi connectivity index (χ1n) is 8.04. The number of hydrogen-bond donors (Lipinski definition) is 3. The zero-order chi connectivity index (χ0) is 20.1. The molecular weight excluding hydrogens is 434 g/mol. The Labute approximate surface area is 168 Å². The van der Waals surface area contributed by atoms with Crippen molar-refractivity contribution in [1.29, 1.82) is 0 Å². The molecule has 28 heavy (non-hydrogen) atoms. The molecule has 0 unspecified atom stereocenters. The van der Waals surface area contributed by atoms with Crippen molar-refractivity contribution in [2.24, 2.45) is 5.10 Å². The van der Waals surface area contributed by atoms with Gasteiger partial charge in [0.2, 0.25) is 6.79 Å². The van der Waals surface area contributed by atoms with E-state index in [-0.39, 0.29) is 24.8 Å². The van der Waals surface area contributed by atoms with Gasteiger partial charge in [-0.2, -0.15) is 5.10 Å². The fraction of sp³-hybridized carbons (Fsp3) is 0.167. The van der Waals surface area contributed by atoms with Crippen LogP contribution < -0.4 is 25.0 Å². The molecule has 0 spiro atoms. The van der Waals surface area contributed by atoms with Crippen LogP contribution in [0.3, 0.4) is 0 Å². The highest BCUT2D eigenvalue weighted by Crippen LogP contribution is 2.34. The van der Waals surface area contributed by atoms with Gasteiger partial charge in [-0.15, -0.1) is 0 Å². The van der Waals surface area contributed by atoms with Gasteiger partial charge in [-0.25, -0.2) is 5.43 Å². The number of aromatic hydroxyl groups is 1. The molecule has 10 heteroatoms. The minimum Gasteiger partial charge on any atom is -0.503 e. The topological polar surface area (TPSA) is 118 Å². The molecule has 0 radical (unpaired) electrons. The van der Waals surface area contributed by atoms with E-state index in [1.165, 1.54) is 13.3 Å². The van der Waals surface area contributed by atoms with Gasteiger partial charge in [0.15, 0.2) is 23.0 Å². The number of benzene rings is 2. The van der Waals surface area contributed by atoms with Crippen LogP contribution in [0.25, 0.3) is 0 Å². The molecule has 0 saturated carbocycles. The molecule has 0 bridgehead atoms. The summed E-state index contributed by atoms with van der Waals surface area (Å²) in [6.45, 7) is -0.141. The lowest BCUT2D eigenvalue weighted by Gasteiger charge is -2.06. The number of halogens is 1. The molecule has 0 fully saturated rings. The van der Waals surface area contributed by atoms with Crippen LogP contribution in [-0.2, 0) is 4.79 Å². The van der Waals surface area contributed by atoms with Crippen molar-refractivity contribution >= 4 is 34.0 Å². The summed E-state index contributed by atoms with van der Waals surface area (Å²) in [5.41, 5.74) is 3.24. The normalized spacial score (nSPS) is 12.1. The van der Waals surface area contributed by atoms with E-state index in [4.69, 9.17) is 14.2 Å². The van der Waals surface area contributed by atoms with Crippen LogP contribution in [-0.4, -0.2) is 43.6 Å². The molecule has 9 nitrogen and oxygen atoms in total. The second-order valence-corrected chi connectivity index (χ2v) is 6.45. The van der Waals surface area contributed by atoms with Gasteiger partial charge < -0.3 is 24.6 Å². The zero-order valence-corrected chi connectivity index (χ0v) is 16.3. The molecule has 1 aliphatic heterocycles. The SMILES string of the molecule is COc1cc(C=NNC(=O)CNC(=O)c2ccc3c(c2)OCO3)cc(Br)c1O. The summed E-state index contributed by atoms with van der Waals surface area (Å²) in [6.07, 6.45) is 1.38. The number of carbonyl (C=O) groups excluding carboxylic acids is 2. The number of nitrogens with one attached hydrogen (secondary N) is 2. The maximum Gasteiger partial charge on any atom is 0.259 e. The van der Waals surface area contributed by atoms with E-state index >= 15 is 0 Å². The first kappa shape index (κ1) is 19.5. The van der Waals surface area contributed by atoms with Crippen LogP contribution in [0.5, 0.6) is 23.0 Å². The van der Waals surface area contributed by atoms with Gasteiger partial charge in [0.05, 0.1) is 24.3 Å². The van der Waals surface area contributed by atoms with Crippen LogP contribution in [0.1, 0.15) is 15.9 Å². The molecule has 146 valence electrons. The standard InChI is InChI=1S/C18H16BrN3O6/c1-26-15-5-10(4-12(19)17(15)24)7-21-22-16(23)8-20-18(25)11-2-3-13-14(6-11)28-9-27-13/h2-7,24H,8-9H2,1H3,(H,20,25)(H,22,23). The van der Waals surface area contributed by atoms with Crippen molar-refractivity contribution in [3.8, 4) is 23.0 Å². The second kappa shape index (κ2) is 8.61. The number of phenolic OH excluding ortho intramolecular Hbond substituents is 1. The number of ether oxygens (including phenoxy) is 3. The first-order chi connectivity index (χ1) is 13.5. The summed E-state index contributed by atoms with van der Waals surface area (Å²) in [4.78, 5) is 24.0. The molecule has 2 aromatic carbocycles. The number of methoxy groups -OCH3 is 1. The van der Waals surface area contributed by atoms with Crippen LogP contribution in [0.15, 0.2) is 39.9 Å². The Morgan fingerprint density at radius 1 is 1.29 bits per heavy atom. The number of nitrogens with zero attached hydrogens (tertiary/aromatic N) is 1. The number of carbonyl (C=O) groups is 2. The van der Waals surface area contributed by atoms with Crippen molar-refractivity contribution in [2.45, 2.75) is 0 Å². The Morgan fingerprint density at radius 2 is 2.07 bits per heavy atom. The zero-order valence-electron chi connectivity index (χ0n) is 14.7. The maximum absolute atomic E-state index is 12.1. The summed E-state index contributed by atoms with van der Waals surface area (Å²) >= 11 is 3.20. The molecule has 0 aliphatic carbocycles. The third-order valence-electron chi connectivity index (χ3n) is 3.72. The quantitative estimate of drug-likeness (QED) is 0.456. The largest absolute Gasteiger partial charge is 0.503 e. The first-order valence-corrected chi connectivity index (χ1v) is 8.83. The highest BCUT2D eigenvalue weighted by atomic mass is 79.9. The maximum atomic E-state index is 12.1. The summed E-state index contributed by atoms with van der Waals surface area (Å²) in [7, 11) is 1.42. The van der Waals surface area contributed by atoms with E-state index in [2.05, 4.69) is 31.8 Å². The predicted octanol–water partition coefficient (Wildman–Crippen LogP) is 1.77. The van der Waals surface area contributed by atoms with E-state index in [0.717, 1.165) is 0 Å². The van der Waals surface area contributed by atoms with E-state index in [9.17, 15) is 14.7 Å². The average molecular weight is 450 g/mol. The van der Waals surface area contributed by atoms with Crippen molar-refractivity contribution in [3.05, 3.63) is 45.9 Å². The van der Waals surface area contributed by atoms with Crippen molar-refractivity contribution in [3.63, 3.8) is 0 Å². The Kier molecular flexibility index (Phi) is 5.99. The minimum absolute atomic E-state index is 0.0325. The predicted molar refractivity (Wildman–Crippen MR) is 103 cm³/mol. The van der Waals surface area contributed by atoms with E-state index in [0.29, 0.717) is 27.1 Å². The van der Waals surface area contributed by atoms with Gasteiger partial charge in [-0.05, 0) is 51.8 Å². The molecule has 1 aliphatic rings. The number of fused-ring (bicyclic) bond motifs is 1. The molecule has 0 saturated heterocycles. The molecule has 2 amide bonds. The molecule has 1 heterocycles. The molecule has 0 atom stereocenters. The Morgan fingerprint density at radius 3 is 2.86 bits per heavy atom. The molecular formula is C18H16BrN3O6. The van der Waals surface area contributed by atoms with Crippen LogP contribution in [0.2, 0.25) is 0 Å². The van der Waals surface area contributed by atoms with Crippen molar-refractivity contribution in [1.82, 2.24) is 10.7 Å². The lowest BCUT2D eigenvalue weighted by molar-refractivity contribution is -0.120.